The first-order valence-corrected chi connectivity index (χ1v) is 4.21. The number of hydrogen-bond donors (Lipinski definition) is 0. The van der Waals surface area contributed by atoms with Gasteiger partial charge in [-0.1, -0.05) is 6.07 Å². The Morgan fingerprint density at radius 3 is 2.54 bits per heavy atom. The summed E-state index contributed by atoms with van der Waals surface area (Å²) < 4.78 is 26.0. The summed E-state index contributed by atoms with van der Waals surface area (Å²) in [5.74, 6) is -1.92. The molecule has 0 radical (unpaired) electrons. The summed E-state index contributed by atoms with van der Waals surface area (Å²) in [6.07, 6.45) is 2.81. The van der Waals surface area contributed by atoms with Gasteiger partial charge < -0.3 is 0 Å². The molecule has 0 aliphatic carbocycles. The fraction of sp³-hybridized carbons (Fsp3) is 0. The molecule has 0 aromatic heterocycles. The van der Waals surface area contributed by atoms with E-state index in [4.69, 9.17) is 0 Å². The van der Waals surface area contributed by atoms with Crippen molar-refractivity contribution >= 4 is 28.3 Å². The van der Waals surface area contributed by atoms with Crippen LogP contribution in [0.5, 0.6) is 0 Å². The first kappa shape index (κ1) is 10.1. The van der Waals surface area contributed by atoms with E-state index in [1.165, 1.54) is 18.2 Å². The first-order chi connectivity index (χ1) is 6.16. The van der Waals surface area contributed by atoms with Crippen LogP contribution in [0.15, 0.2) is 22.7 Å². The number of benzene rings is 1. The van der Waals surface area contributed by atoms with Crippen LogP contribution in [0, 0.1) is 11.6 Å². The fourth-order valence-corrected chi connectivity index (χ4v) is 1.12. The van der Waals surface area contributed by atoms with Gasteiger partial charge in [-0.25, -0.2) is 8.78 Å². The minimum Gasteiger partial charge on any atom is -0.299 e. The highest BCUT2D eigenvalue weighted by Crippen LogP contribution is 2.21. The molecule has 0 aliphatic rings. The van der Waals surface area contributed by atoms with E-state index in [0.29, 0.717) is 6.29 Å². The zero-order valence-corrected chi connectivity index (χ0v) is 8.01. The zero-order valence-electron chi connectivity index (χ0n) is 6.43. The zero-order chi connectivity index (χ0) is 9.84. The Kier molecular flexibility index (Phi) is 3.31. The molecule has 1 aromatic carbocycles. The van der Waals surface area contributed by atoms with Crippen molar-refractivity contribution in [2.45, 2.75) is 0 Å². The molecular weight excluding hydrogens is 242 g/mol. The van der Waals surface area contributed by atoms with E-state index < -0.39 is 11.6 Å². The third kappa shape index (κ3) is 2.21. The lowest BCUT2D eigenvalue weighted by Crippen LogP contribution is -1.89. The Morgan fingerprint density at radius 2 is 1.92 bits per heavy atom. The van der Waals surface area contributed by atoms with E-state index in [-0.39, 0.29) is 10.0 Å². The molecular formula is C9H5BrF2O. The summed E-state index contributed by atoms with van der Waals surface area (Å²) in [5, 5.41) is 0. The predicted molar refractivity (Wildman–Crippen MR) is 49.2 cm³/mol. The van der Waals surface area contributed by atoms with Gasteiger partial charge in [-0.3, -0.25) is 4.79 Å². The number of aldehydes is 1. The first-order valence-electron chi connectivity index (χ1n) is 3.42. The van der Waals surface area contributed by atoms with E-state index >= 15 is 0 Å². The number of allylic oxidation sites excluding steroid dienone is 1. The molecule has 0 unspecified atom stereocenters. The molecule has 0 aliphatic heterocycles. The summed E-state index contributed by atoms with van der Waals surface area (Å²) in [6.45, 7) is 0. The van der Waals surface area contributed by atoms with E-state index in [9.17, 15) is 13.6 Å². The van der Waals surface area contributed by atoms with Gasteiger partial charge in [-0.2, -0.15) is 0 Å². The molecule has 0 saturated carbocycles. The molecule has 0 atom stereocenters. The largest absolute Gasteiger partial charge is 0.299 e. The molecule has 0 fully saturated rings. The van der Waals surface area contributed by atoms with Gasteiger partial charge in [-0.15, -0.1) is 0 Å². The van der Waals surface area contributed by atoms with Gasteiger partial charge in [0.2, 0.25) is 0 Å². The normalized spacial score (nSPS) is 10.7. The number of carbonyl (C=O) groups excluding carboxylic acids is 1. The highest BCUT2D eigenvalue weighted by atomic mass is 79.9. The van der Waals surface area contributed by atoms with Gasteiger partial charge in [0, 0.05) is 5.56 Å². The van der Waals surface area contributed by atoms with Crippen molar-refractivity contribution < 1.29 is 13.6 Å². The Morgan fingerprint density at radius 1 is 1.23 bits per heavy atom. The maximum atomic E-state index is 13.0. The van der Waals surface area contributed by atoms with Gasteiger partial charge in [0.25, 0.3) is 0 Å². The summed E-state index contributed by atoms with van der Waals surface area (Å²) in [5.41, 5.74) is 0.0489. The van der Waals surface area contributed by atoms with Gasteiger partial charge in [-0.05, 0) is 34.1 Å². The summed E-state index contributed by atoms with van der Waals surface area (Å²) in [7, 11) is 0. The van der Waals surface area contributed by atoms with E-state index in [2.05, 4.69) is 15.9 Å². The Balaban J connectivity index is 3.17. The van der Waals surface area contributed by atoms with Crippen LogP contribution in [-0.4, -0.2) is 6.29 Å². The molecule has 68 valence electrons. The van der Waals surface area contributed by atoms with Gasteiger partial charge >= 0.3 is 0 Å². The van der Waals surface area contributed by atoms with E-state index in [1.807, 2.05) is 0 Å². The van der Waals surface area contributed by atoms with Crippen LogP contribution >= 0.6 is 15.9 Å². The molecule has 1 aromatic rings. The average Bonchev–Trinajstić information content (AvgIpc) is 2.13. The lowest BCUT2D eigenvalue weighted by atomic mass is 10.2. The van der Waals surface area contributed by atoms with Crippen LogP contribution in [0.2, 0.25) is 0 Å². The Labute approximate surface area is 82.2 Å². The van der Waals surface area contributed by atoms with Crippen molar-refractivity contribution in [3.05, 3.63) is 39.9 Å². The third-order valence-corrected chi connectivity index (χ3v) is 2.03. The predicted octanol–water partition coefficient (Wildman–Crippen LogP) is 2.94. The summed E-state index contributed by atoms with van der Waals surface area (Å²) in [6, 6.07) is 2.76. The van der Waals surface area contributed by atoms with Gasteiger partial charge in [0.15, 0.2) is 11.6 Å². The monoisotopic (exact) mass is 246 g/mol. The van der Waals surface area contributed by atoms with Crippen LogP contribution in [0.4, 0.5) is 8.78 Å². The highest BCUT2D eigenvalue weighted by molar-refractivity contribution is 9.10. The smallest absolute Gasteiger partial charge is 0.173 e. The third-order valence-electron chi connectivity index (χ3n) is 1.42. The molecule has 1 rings (SSSR count). The molecule has 0 N–H and O–H groups in total. The van der Waals surface area contributed by atoms with Crippen molar-refractivity contribution in [3.8, 4) is 0 Å². The van der Waals surface area contributed by atoms with Crippen LogP contribution in [0.3, 0.4) is 0 Å². The number of rotatable bonds is 2. The van der Waals surface area contributed by atoms with Crippen molar-refractivity contribution in [3.63, 3.8) is 0 Å². The average molecular weight is 247 g/mol. The van der Waals surface area contributed by atoms with Crippen molar-refractivity contribution in [2.24, 2.45) is 0 Å². The molecule has 13 heavy (non-hydrogen) atoms. The van der Waals surface area contributed by atoms with Crippen LogP contribution < -0.4 is 0 Å². The van der Waals surface area contributed by atoms with Crippen molar-refractivity contribution in [1.29, 1.82) is 0 Å². The van der Waals surface area contributed by atoms with Crippen LogP contribution in [0.1, 0.15) is 5.56 Å². The molecule has 0 bridgehead atoms. The standard InChI is InChI=1S/C9H5BrF2O/c10-7-4-3-6(2-1-5-13)8(11)9(7)12/h1-5H/b2-1+. The van der Waals surface area contributed by atoms with Gasteiger partial charge in [0.1, 0.15) is 6.29 Å². The lowest BCUT2D eigenvalue weighted by molar-refractivity contribution is -0.104. The van der Waals surface area contributed by atoms with Crippen LogP contribution in [-0.2, 0) is 4.79 Å². The molecule has 0 heterocycles. The topological polar surface area (TPSA) is 17.1 Å². The maximum absolute atomic E-state index is 13.0. The minimum absolute atomic E-state index is 0.0489. The summed E-state index contributed by atoms with van der Waals surface area (Å²) >= 11 is 2.84. The van der Waals surface area contributed by atoms with Crippen molar-refractivity contribution in [1.82, 2.24) is 0 Å². The Hall–Kier alpha value is -1.03. The lowest BCUT2D eigenvalue weighted by Gasteiger charge is -1.99. The number of carbonyl (C=O) groups is 1. The molecule has 0 amide bonds. The number of halogens is 3. The highest BCUT2D eigenvalue weighted by Gasteiger charge is 2.08. The second-order valence-corrected chi connectivity index (χ2v) is 3.11. The summed E-state index contributed by atoms with van der Waals surface area (Å²) in [4.78, 5) is 9.93. The van der Waals surface area contributed by atoms with Gasteiger partial charge in [0.05, 0.1) is 4.47 Å². The number of hydrogen-bond acceptors (Lipinski definition) is 1. The van der Waals surface area contributed by atoms with E-state index in [0.717, 1.165) is 6.08 Å². The van der Waals surface area contributed by atoms with Crippen LogP contribution in [0.25, 0.3) is 6.08 Å². The molecule has 0 spiro atoms. The Bertz CT molecular complexity index is 361. The maximum Gasteiger partial charge on any atom is 0.173 e. The minimum atomic E-state index is -0.965. The second-order valence-electron chi connectivity index (χ2n) is 2.26. The quantitative estimate of drug-likeness (QED) is 0.446. The molecule has 1 nitrogen and oxygen atoms in total. The molecule has 0 saturated heterocycles. The van der Waals surface area contributed by atoms with Crippen molar-refractivity contribution in [2.75, 3.05) is 0 Å². The SMILES string of the molecule is O=C/C=C/c1ccc(Br)c(F)c1F. The second kappa shape index (κ2) is 4.28. The molecule has 4 heteroatoms. The van der Waals surface area contributed by atoms with E-state index in [1.54, 1.807) is 0 Å². The fourth-order valence-electron chi connectivity index (χ4n) is 0.813.